The molecule has 0 saturated carbocycles. The Hall–Kier alpha value is -1.57. The van der Waals surface area contributed by atoms with Crippen LogP contribution in [0.15, 0.2) is 0 Å². The van der Waals surface area contributed by atoms with Crippen molar-refractivity contribution in [1.82, 2.24) is 20.2 Å². The molecule has 0 atom stereocenters. The molecule has 0 bridgehead atoms. The molecule has 1 aromatic heterocycles. The smallest absolute Gasteiger partial charge is 0.270 e. The number of hydrogen-bond donors (Lipinski definition) is 1. The van der Waals surface area contributed by atoms with Gasteiger partial charge in [0.1, 0.15) is 0 Å². The van der Waals surface area contributed by atoms with Crippen LogP contribution in [0.25, 0.3) is 0 Å². The summed E-state index contributed by atoms with van der Waals surface area (Å²) < 4.78 is 5.43. The fourth-order valence-electron chi connectivity index (χ4n) is 1.76. The van der Waals surface area contributed by atoms with Gasteiger partial charge >= 0.3 is 0 Å². The third-order valence-electron chi connectivity index (χ3n) is 3.05. The lowest BCUT2D eigenvalue weighted by Gasteiger charge is -2.15. The molecule has 0 aliphatic rings. The monoisotopic (exact) mass is 377 g/mol. The standard InChI is InChI=1S/C13H14Cl3N5O2/c1-4-21-19-13(18-20-21)17-8(22)5-23-12-10(15)6(2)9(14)7(3)11(12)16/h4-5H2,1-3H3,(H,17,19,22). The van der Waals surface area contributed by atoms with Crippen molar-refractivity contribution in [3.63, 3.8) is 0 Å². The van der Waals surface area contributed by atoms with Crippen molar-refractivity contribution in [3.8, 4) is 5.75 Å². The van der Waals surface area contributed by atoms with Crippen LogP contribution in [0.3, 0.4) is 0 Å². The van der Waals surface area contributed by atoms with Gasteiger partial charge in [0.2, 0.25) is 0 Å². The molecule has 23 heavy (non-hydrogen) atoms. The van der Waals surface area contributed by atoms with Gasteiger partial charge in [0, 0.05) is 5.02 Å². The summed E-state index contributed by atoms with van der Waals surface area (Å²) >= 11 is 18.5. The van der Waals surface area contributed by atoms with E-state index in [1.54, 1.807) is 13.8 Å². The maximum Gasteiger partial charge on any atom is 0.270 e. The lowest BCUT2D eigenvalue weighted by atomic mass is 10.1. The number of anilines is 1. The molecule has 1 amide bonds. The normalized spacial score (nSPS) is 10.7. The van der Waals surface area contributed by atoms with Crippen molar-refractivity contribution in [2.24, 2.45) is 0 Å². The number of tetrazole rings is 1. The molecule has 2 aromatic rings. The van der Waals surface area contributed by atoms with Crippen molar-refractivity contribution in [1.29, 1.82) is 0 Å². The van der Waals surface area contributed by atoms with E-state index in [9.17, 15) is 4.79 Å². The molecule has 7 nitrogen and oxygen atoms in total. The minimum atomic E-state index is -0.460. The van der Waals surface area contributed by atoms with Gasteiger partial charge in [-0.1, -0.05) is 39.9 Å². The Bertz CT molecular complexity index is 718. The van der Waals surface area contributed by atoms with E-state index in [-0.39, 0.29) is 28.3 Å². The molecule has 2 rings (SSSR count). The van der Waals surface area contributed by atoms with E-state index in [0.29, 0.717) is 22.7 Å². The fraction of sp³-hybridized carbons (Fsp3) is 0.385. The number of nitrogens with zero attached hydrogens (tertiary/aromatic N) is 4. The van der Waals surface area contributed by atoms with Crippen molar-refractivity contribution in [2.45, 2.75) is 27.3 Å². The highest BCUT2D eigenvalue weighted by Crippen LogP contribution is 2.42. The van der Waals surface area contributed by atoms with Gasteiger partial charge < -0.3 is 4.74 Å². The van der Waals surface area contributed by atoms with Crippen LogP contribution in [0, 0.1) is 13.8 Å². The van der Waals surface area contributed by atoms with Crippen LogP contribution >= 0.6 is 34.8 Å². The van der Waals surface area contributed by atoms with Crippen LogP contribution in [-0.4, -0.2) is 32.7 Å². The molecule has 0 fully saturated rings. The zero-order valence-electron chi connectivity index (χ0n) is 12.7. The van der Waals surface area contributed by atoms with Crippen molar-refractivity contribution < 1.29 is 9.53 Å². The summed E-state index contributed by atoms with van der Waals surface area (Å²) in [5.41, 5.74) is 1.27. The number of rotatable bonds is 5. The summed E-state index contributed by atoms with van der Waals surface area (Å²) in [5.74, 6) is -0.146. The van der Waals surface area contributed by atoms with E-state index >= 15 is 0 Å². The van der Waals surface area contributed by atoms with Crippen LogP contribution in [0.2, 0.25) is 15.1 Å². The van der Waals surface area contributed by atoms with E-state index in [2.05, 4.69) is 20.7 Å². The summed E-state index contributed by atoms with van der Waals surface area (Å²) in [6, 6.07) is 0. The highest BCUT2D eigenvalue weighted by atomic mass is 35.5. The van der Waals surface area contributed by atoms with E-state index in [4.69, 9.17) is 39.5 Å². The predicted molar refractivity (Wildman–Crippen MR) is 88.6 cm³/mol. The SMILES string of the molecule is CCn1nnc(NC(=O)COc2c(Cl)c(C)c(Cl)c(C)c2Cl)n1. The number of aromatic nitrogens is 4. The van der Waals surface area contributed by atoms with Crippen LogP contribution in [-0.2, 0) is 11.3 Å². The molecular formula is C13H14Cl3N5O2. The largest absolute Gasteiger partial charge is 0.481 e. The lowest BCUT2D eigenvalue weighted by molar-refractivity contribution is -0.118. The van der Waals surface area contributed by atoms with Gasteiger partial charge in [-0.3, -0.25) is 10.1 Å². The first-order chi connectivity index (χ1) is 10.8. The summed E-state index contributed by atoms with van der Waals surface area (Å²) in [7, 11) is 0. The summed E-state index contributed by atoms with van der Waals surface area (Å²) in [6.07, 6.45) is 0. The molecule has 0 aliphatic carbocycles. The minimum absolute atomic E-state index is 0.0983. The number of halogens is 3. The molecule has 0 radical (unpaired) electrons. The second kappa shape index (κ2) is 7.33. The minimum Gasteiger partial charge on any atom is -0.481 e. The van der Waals surface area contributed by atoms with Crippen LogP contribution in [0.1, 0.15) is 18.1 Å². The van der Waals surface area contributed by atoms with Crippen molar-refractivity contribution in [2.75, 3.05) is 11.9 Å². The van der Waals surface area contributed by atoms with E-state index in [0.717, 1.165) is 0 Å². The number of amides is 1. The summed E-state index contributed by atoms with van der Waals surface area (Å²) in [6.45, 7) is 5.59. The Labute approximate surface area is 147 Å². The molecule has 1 N–H and O–H groups in total. The number of nitrogens with one attached hydrogen (secondary N) is 1. The average molecular weight is 379 g/mol. The first kappa shape index (κ1) is 17.8. The third kappa shape index (κ3) is 3.85. The maximum absolute atomic E-state index is 11.9. The molecule has 10 heteroatoms. The number of aryl methyl sites for hydroxylation is 1. The van der Waals surface area contributed by atoms with E-state index in [1.807, 2.05) is 6.92 Å². The second-order valence-electron chi connectivity index (χ2n) is 4.66. The second-order valence-corrected chi connectivity index (χ2v) is 5.79. The Morgan fingerprint density at radius 3 is 2.30 bits per heavy atom. The zero-order valence-corrected chi connectivity index (χ0v) is 14.9. The first-order valence-corrected chi connectivity index (χ1v) is 7.82. The van der Waals surface area contributed by atoms with Crippen molar-refractivity contribution in [3.05, 3.63) is 26.2 Å². The van der Waals surface area contributed by atoms with Crippen molar-refractivity contribution >= 4 is 46.7 Å². The fourth-order valence-corrected chi connectivity index (χ4v) is 2.58. The van der Waals surface area contributed by atoms with E-state index < -0.39 is 5.91 Å². The number of carbonyl (C=O) groups is 1. The first-order valence-electron chi connectivity index (χ1n) is 6.69. The molecule has 0 saturated heterocycles. The van der Waals surface area contributed by atoms with Gasteiger partial charge in [-0.15, -0.1) is 5.10 Å². The predicted octanol–water partition coefficient (Wildman–Crippen LogP) is 3.29. The third-order valence-corrected chi connectivity index (χ3v) is 4.53. The Balaban J connectivity index is 2.07. The van der Waals surface area contributed by atoms with Gasteiger partial charge in [0.25, 0.3) is 11.9 Å². The lowest BCUT2D eigenvalue weighted by Crippen LogP contribution is -2.21. The Morgan fingerprint density at radius 2 is 1.78 bits per heavy atom. The molecule has 124 valence electrons. The Kier molecular flexibility index (Phi) is 5.67. The molecular weight excluding hydrogens is 365 g/mol. The molecule has 1 heterocycles. The molecule has 0 unspecified atom stereocenters. The van der Waals surface area contributed by atoms with Gasteiger partial charge in [-0.2, -0.15) is 4.80 Å². The number of ether oxygens (including phenoxy) is 1. The number of hydrogen-bond acceptors (Lipinski definition) is 5. The highest BCUT2D eigenvalue weighted by molar-refractivity contribution is 6.42. The quantitative estimate of drug-likeness (QED) is 0.863. The highest BCUT2D eigenvalue weighted by Gasteiger charge is 2.19. The zero-order chi connectivity index (χ0) is 17.1. The van der Waals surface area contributed by atoms with Crippen LogP contribution in [0.5, 0.6) is 5.75 Å². The number of carbonyl (C=O) groups excluding carboxylic acids is 1. The molecule has 1 aromatic carbocycles. The molecule has 0 spiro atoms. The average Bonchev–Trinajstić information content (AvgIpc) is 2.98. The van der Waals surface area contributed by atoms with Gasteiger partial charge in [0.15, 0.2) is 12.4 Å². The van der Waals surface area contributed by atoms with E-state index in [1.165, 1.54) is 4.80 Å². The Morgan fingerprint density at radius 1 is 1.17 bits per heavy atom. The van der Waals surface area contributed by atoms with Gasteiger partial charge in [-0.25, -0.2) is 0 Å². The summed E-state index contributed by atoms with van der Waals surface area (Å²) in [4.78, 5) is 13.2. The van der Waals surface area contributed by atoms with Crippen LogP contribution in [0.4, 0.5) is 5.95 Å². The topological polar surface area (TPSA) is 81.9 Å². The van der Waals surface area contributed by atoms with Gasteiger partial charge in [0.05, 0.1) is 16.6 Å². The van der Waals surface area contributed by atoms with Crippen LogP contribution < -0.4 is 10.1 Å². The maximum atomic E-state index is 11.9. The molecule has 0 aliphatic heterocycles. The number of benzene rings is 1. The van der Waals surface area contributed by atoms with Gasteiger partial charge in [-0.05, 0) is 37.1 Å². The summed E-state index contributed by atoms with van der Waals surface area (Å²) in [5, 5.41) is 14.8.